The van der Waals surface area contributed by atoms with Crippen LogP contribution in [0.1, 0.15) is 20.3 Å². The Bertz CT molecular complexity index is 536. The summed E-state index contributed by atoms with van der Waals surface area (Å²) >= 11 is 6.06. The average Bonchev–Trinajstić information content (AvgIpc) is 2.60. The van der Waals surface area contributed by atoms with Gasteiger partial charge in [0, 0.05) is 50.0 Å². The van der Waals surface area contributed by atoms with Crippen LogP contribution in [0.4, 0.5) is 5.69 Å². The van der Waals surface area contributed by atoms with Crippen molar-refractivity contribution in [3.8, 4) is 0 Å². The molecule has 2 atom stereocenters. The number of piperazine rings is 1. The summed E-state index contributed by atoms with van der Waals surface area (Å²) in [7, 11) is 0. The molecular weight excluding hydrogens is 359 g/mol. The van der Waals surface area contributed by atoms with E-state index in [-0.39, 0.29) is 24.2 Å². The number of hydrogen-bond acceptors (Lipinski definition) is 4. The van der Waals surface area contributed by atoms with Crippen molar-refractivity contribution >= 4 is 35.6 Å². The Labute approximate surface area is 162 Å². The molecule has 1 heterocycles. The Morgan fingerprint density at radius 3 is 2.60 bits per heavy atom. The molecule has 0 spiro atoms. The molecule has 0 saturated carbocycles. The minimum Gasteiger partial charge on any atom is -0.369 e. The van der Waals surface area contributed by atoms with Crippen molar-refractivity contribution in [2.45, 2.75) is 26.3 Å². The van der Waals surface area contributed by atoms with Crippen LogP contribution in [-0.2, 0) is 4.79 Å². The van der Waals surface area contributed by atoms with Crippen molar-refractivity contribution in [3.05, 3.63) is 29.3 Å². The van der Waals surface area contributed by atoms with Crippen molar-refractivity contribution in [1.82, 2.24) is 10.2 Å². The molecule has 0 aliphatic carbocycles. The number of nitrogens with two attached hydrogens (primary N) is 1. The highest BCUT2D eigenvalue weighted by Gasteiger charge is 2.20. The molecule has 25 heavy (non-hydrogen) atoms. The highest BCUT2D eigenvalue weighted by Crippen LogP contribution is 2.20. The van der Waals surface area contributed by atoms with Crippen LogP contribution >= 0.6 is 24.0 Å². The lowest BCUT2D eigenvalue weighted by Crippen LogP contribution is -2.50. The number of halogens is 2. The number of nitrogens with zero attached hydrogens (tertiary/aromatic N) is 2. The first-order chi connectivity index (χ1) is 11.5. The monoisotopic (exact) mass is 388 g/mol. The molecule has 1 aromatic carbocycles. The molecule has 5 nitrogen and oxygen atoms in total. The van der Waals surface area contributed by atoms with Gasteiger partial charge in [-0.2, -0.15) is 0 Å². The molecule has 1 amide bonds. The molecule has 1 aliphatic rings. The van der Waals surface area contributed by atoms with Gasteiger partial charge in [0.15, 0.2) is 0 Å². The third-order valence-corrected chi connectivity index (χ3v) is 5.07. The molecule has 2 rings (SSSR count). The third-order valence-electron chi connectivity index (χ3n) is 4.83. The maximum atomic E-state index is 12.0. The second kappa shape index (κ2) is 10.9. The number of rotatable bonds is 7. The van der Waals surface area contributed by atoms with E-state index in [0.29, 0.717) is 6.54 Å². The normalized spacial score (nSPS) is 17.5. The third kappa shape index (κ3) is 6.66. The van der Waals surface area contributed by atoms with E-state index in [1.54, 1.807) is 0 Å². The number of hydrogen-bond donors (Lipinski definition) is 2. The van der Waals surface area contributed by atoms with Gasteiger partial charge in [-0.1, -0.05) is 37.9 Å². The lowest BCUT2D eigenvalue weighted by Gasteiger charge is -2.36. The van der Waals surface area contributed by atoms with E-state index in [0.717, 1.165) is 44.2 Å². The topological polar surface area (TPSA) is 61.6 Å². The molecule has 0 radical (unpaired) electrons. The first kappa shape index (κ1) is 22.0. The highest BCUT2D eigenvalue weighted by molar-refractivity contribution is 6.30. The quantitative estimate of drug-likeness (QED) is 0.752. The van der Waals surface area contributed by atoms with Gasteiger partial charge in [0.25, 0.3) is 0 Å². The van der Waals surface area contributed by atoms with E-state index >= 15 is 0 Å². The van der Waals surface area contributed by atoms with Gasteiger partial charge in [-0.05, 0) is 24.1 Å². The second-order valence-electron chi connectivity index (χ2n) is 6.51. The number of carbonyl (C=O) groups is 1. The Balaban J connectivity index is 0.00000312. The summed E-state index contributed by atoms with van der Waals surface area (Å²) in [6, 6.07) is 7.58. The van der Waals surface area contributed by atoms with E-state index in [2.05, 4.69) is 28.1 Å². The zero-order valence-corrected chi connectivity index (χ0v) is 16.7. The average molecular weight is 389 g/mol. The smallest absolute Gasteiger partial charge is 0.237 e. The first-order valence-corrected chi connectivity index (χ1v) is 9.15. The summed E-state index contributed by atoms with van der Waals surface area (Å²) in [5.74, 6) is 0.174. The minimum atomic E-state index is -0.408. The van der Waals surface area contributed by atoms with Gasteiger partial charge in [0.2, 0.25) is 5.91 Å². The Kier molecular flexibility index (Phi) is 9.57. The van der Waals surface area contributed by atoms with Crippen molar-refractivity contribution in [2.24, 2.45) is 11.7 Å². The molecule has 1 saturated heterocycles. The van der Waals surface area contributed by atoms with Crippen LogP contribution in [-0.4, -0.2) is 56.1 Å². The largest absolute Gasteiger partial charge is 0.369 e. The SMILES string of the molecule is CCC(C)C(N)C(=O)NCCN1CCN(c2cccc(Cl)c2)CC1.Cl. The van der Waals surface area contributed by atoms with Crippen LogP contribution in [0.5, 0.6) is 0 Å². The predicted molar refractivity (Wildman–Crippen MR) is 108 cm³/mol. The molecule has 1 aliphatic heterocycles. The van der Waals surface area contributed by atoms with E-state index in [1.807, 2.05) is 25.1 Å². The molecule has 2 unspecified atom stereocenters. The maximum absolute atomic E-state index is 12.0. The lowest BCUT2D eigenvalue weighted by atomic mass is 9.99. The Morgan fingerprint density at radius 2 is 2.00 bits per heavy atom. The van der Waals surface area contributed by atoms with Crippen LogP contribution in [0.2, 0.25) is 5.02 Å². The standard InChI is InChI=1S/C18H29ClN4O.ClH/c1-3-14(2)17(20)18(24)21-7-8-22-9-11-23(12-10-22)16-6-4-5-15(19)13-16;/h4-6,13-14,17H,3,7-12,20H2,1-2H3,(H,21,24);1H. The molecule has 142 valence electrons. The summed E-state index contributed by atoms with van der Waals surface area (Å²) in [5, 5.41) is 3.73. The van der Waals surface area contributed by atoms with Crippen LogP contribution in [0, 0.1) is 5.92 Å². The van der Waals surface area contributed by atoms with E-state index in [9.17, 15) is 4.79 Å². The van der Waals surface area contributed by atoms with Gasteiger partial charge < -0.3 is 16.0 Å². The summed E-state index contributed by atoms with van der Waals surface area (Å²) in [4.78, 5) is 16.7. The molecule has 1 fully saturated rings. The van der Waals surface area contributed by atoms with Crippen LogP contribution < -0.4 is 16.0 Å². The fraction of sp³-hybridized carbons (Fsp3) is 0.611. The molecule has 1 aromatic rings. The molecule has 3 N–H and O–H groups in total. The van der Waals surface area contributed by atoms with Gasteiger partial charge in [-0.15, -0.1) is 12.4 Å². The number of benzene rings is 1. The van der Waals surface area contributed by atoms with Crippen LogP contribution in [0.3, 0.4) is 0 Å². The van der Waals surface area contributed by atoms with E-state index < -0.39 is 6.04 Å². The number of carbonyl (C=O) groups excluding carboxylic acids is 1. The van der Waals surface area contributed by atoms with Crippen molar-refractivity contribution in [2.75, 3.05) is 44.2 Å². The molecule has 7 heteroatoms. The number of nitrogens with one attached hydrogen (secondary N) is 1. The minimum absolute atomic E-state index is 0. The van der Waals surface area contributed by atoms with Gasteiger partial charge in [-0.25, -0.2) is 0 Å². The van der Waals surface area contributed by atoms with E-state index in [4.69, 9.17) is 17.3 Å². The van der Waals surface area contributed by atoms with Gasteiger partial charge in [0.1, 0.15) is 0 Å². The van der Waals surface area contributed by atoms with Crippen molar-refractivity contribution < 1.29 is 4.79 Å². The lowest BCUT2D eigenvalue weighted by molar-refractivity contribution is -0.123. The highest BCUT2D eigenvalue weighted by atomic mass is 35.5. The summed E-state index contributed by atoms with van der Waals surface area (Å²) in [6.07, 6.45) is 0.917. The molecule has 0 aromatic heterocycles. The molecular formula is C18H30Cl2N4O. The van der Waals surface area contributed by atoms with Gasteiger partial charge in [-0.3, -0.25) is 9.69 Å². The Hall–Kier alpha value is -1.01. The first-order valence-electron chi connectivity index (χ1n) is 8.77. The zero-order valence-electron chi connectivity index (χ0n) is 15.1. The summed E-state index contributed by atoms with van der Waals surface area (Å²) < 4.78 is 0. The summed E-state index contributed by atoms with van der Waals surface area (Å²) in [6.45, 7) is 9.50. The number of amides is 1. The van der Waals surface area contributed by atoms with Gasteiger partial charge in [0.05, 0.1) is 6.04 Å². The van der Waals surface area contributed by atoms with Crippen molar-refractivity contribution in [1.29, 1.82) is 0 Å². The predicted octanol–water partition coefficient (Wildman–Crippen LogP) is 2.37. The van der Waals surface area contributed by atoms with E-state index in [1.165, 1.54) is 5.69 Å². The van der Waals surface area contributed by atoms with Crippen molar-refractivity contribution in [3.63, 3.8) is 0 Å². The fourth-order valence-electron chi connectivity index (χ4n) is 2.87. The fourth-order valence-corrected chi connectivity index (χ4v) is 3.05. The molecule has 0 bridgehead atoms. The van der Waals surface area contributed by atoms with Gasteiger partial charge >= 0.3 is 0 Å². The van der Waals surface area contributed by atoms with Crippen LogP contribution in [0.15, 0.2) is 24.3 Å². The Morgan fingerprint density at radius 1 is 1.32 bits per heavy atom. The zero-order chi connectivity index (χ0) is 17.5. The summed E-state index contributed by atoms with van der Waals surface area (Å²) in [5.41, 5.74) is 7.12. The maximum Gasteiger partial charge on any atom is 0.237 e. The number of anilines is 1. The van der Waals surface area contributed by atoms with Crippen LogP contribution in [0.25, 0.3) is 0 Å². The second-order valence-corrected chi connectivity index (χ2v) is 6.95.